The Morgan fingerprint density at radius 1 is 1.33 bits per heavy atom. The summed E-state index contributed by atoms with van der Waals surface area (Å²) >= 11 is 0. The van der Waals surface area contributed by atoms with Crippen molar-refractivity contribution in [2.24, 2.45) is 0 Å². The number of nitriles is 1. The molecule has 0 spiro atoms. The highest BCUT2D eigenvalue weighted by Crippen LogP contribution is 2.31. The third-order valence-electron chi connectivity index (χ3n) is 3.21. The van der Waals surface area contributed by atoms with Gasteiger partial charge in [0.05, 0.1) is 11.6 Å². The molecular formula is C13H16N2. The summed E-state index contributed by atoms with van der Waals surface area (Å²) in [4.78, 5) is 2.36. The van der Waals surface area contributed by atoms with Gasteiger partial charge in [-0.2, -0.15) is 5.26 Å². The van der Waals surface area contributed by atoms with Crippen LogP contribution >= 0.6 is 0 Å². The SMILES string of the molecule is CN1CCCCC1c1ccccc1C#N. The van der Waals surface area contributed by atoms with E-state index in [1.807, 2.05) is 18.2 Å². The van der Waals surface area contributed by atoms with Crippen LogP contribution in [0.5, 0.6) is 0 Å². The van der Waals surface area contributed by atoms with E-state index in [1.54, 1.807) is 0 Å². The summed E-state index contributed by atoms with van der Waals surface area (Å²) in [6.07, 6.45) is 3.73. The Hall–Kier alpha value is -1.33. The molecule has 0 radical (unpaired) electrons. The zero-order valence-electron chi connectivity index (χ0n) is 9.11. The van der Waals surface area contributed by atoms with Gasteiger partial charge in [-0.1, -0.05) is 24.6 Å². The Bertz CT molecular complexity index is 378. The van der Waals surface area contributed by atoms with E-state index in [9.17, 15) is 0 Å². The largest absolute Gasteiger partial charge is 0.299 e. The zero-order chi connectivity index (χ0) is 10.7. The van der Waals surface area contributed by atoms with Crippen LogP contribution in [-0.2, 0) is 0 Å². The minimum absolute atomic E-state index is 0.439. The molecule has 1 heterocycles. The van der Waals surface area contributed by atoms with E-state index in [0.29, 0.717) is 6.04 Å². The van der Waals surface area contributed by atoms with E-state index >= 15 is 0 Å². The van der Waals surface area contributed by atoms with Crippen molar-refractivity contribution in [3.8, 4) is 6.07 Å². The topological polar surface area (TPSA) is 27.0 Å². The smallest absolute Gasteiger partial charge is 0.0995 e. The molecule has 1 aliphatic heterocycles. The summed E-state index contributed by atoms with van der Waals surface area (Å²) in [5.41, 5.74) is 2.03. The quantitative estimate of drug-likeness (QED) is 0.697. The molecule has 2 rings (SSSR count). The maximum absolute atomic E-state index is 9.07. The first-order valence-electron chi connectivity index (χ1n) is 5.52. The minimum Gasteiger partial charge on any atom is -0.299 e. The van der Waals surface area contributed by atoms with E-state index in [1.165, 1.54) is 24.8 Å². The first-order valence-corrected chi connectivity index (χ1v) is 5.52. The molecular weight excluding hydrogens is 184 g/mol. The number of rotatable bonds is 1. The zero-order valence-corrected chi connectivity index (χ0v) is 9.11. The maximum atomic E-state index is 9.07. The van der Waals surface area contributed by atoms with Gasteiger partial charge in [0.2, 0.25) is 0 Å². The van der Waals surface area contributed by atoms with Gasteiger partial charge in [0, 0.05) is 6.04 Å². The molecule has 0 aromatic heterocycles. The molecule has 1 aromatic carbocycles. The van der Waals surface area contributed by atoms with Crippen LogP contribution in [-0.4, -0.2) is 18.5 Å². The molecule has 2 heteroatoms. The summed E-state index contributed by atoms with van der Waals surface area (Å²) in [5, 5.41) is 9.07. The fourth-order valence-electron chi connectivity index (χ4n) is 2.36. The van der Waals surface area contributed by atoms with Gasteiger partial charge in [0.1, 0.15) is 0 Å². The number of piperidine rings is 1. The van der Waals surface area contributed by atoms with E-state index in [0.717, 1.165) is 12.1 Å². The molecule has 1 unspecified atom stereocenters. The number of benzene rings is 1. The van der Waals surface area contributed by atoms with Crippen LogP contribution in [0.2, 0.25) is 0 Å². The van der Waals surface area contributed by atoms with Gasteiger partial charge in [-0.05, 0) is 38.1 Å². The van der Waals surface area contributed by atoms with Crippen molar-refractivity contribution in [1.29, 1.82) is 5.26 Å². The molecule has 1 fully saturated rings. The van der Waals surface area contributed by atoms with Crippen molar-refractivity contribution in [3.05, 3.63) is 35.4 Å². The number of likely N-dealkylation sites (tertiary alicyclic amines) is 1. The average molecular weight is 200 g/mol. The maximum Gasteiger partial charge on any atom is 0.0995 e. The van der Waals surface area contributed by atoms with Crippen molar-refractivity contribution in [1.82, 2.24) is 4.90 Å². The van der Waals surface area contributed by atoms with E-state index < -0.39 is 0 Å². The lowest BCUT2D eigenvalue weighted by atomic mass is 9.93. The van der Waals surface area contributed by atoms with Crippen molar-refractivity contribution >= 4 is 0 Å². The number of hydrogen-bond donors (Lipinski definition) is 0. The van der Waals surface area contributed by atoms with Crippen molar-refractivity contribution < 1.29 is 0 Å². The Labute approximate surface area is 91.1 Å². The standard InChI is InChI=1S/C13H16N2/c1-15-9-5-4-8-13(15)12-7-3-2-6-11(12)10-14/h2-3,6-7,13H,4-5,8-9H2,1H3. The number of nitrogens with zero attached hydrogens (tertiary/aromatic N) is 2. The molecule has 15 heavy (non-hydrogen) atoms. The molecule has 1 aromatic rings. The van der Waals surface area contributed by atoms with Gasteiger partial charge >= 0.3 is 0 Å². The summed E-state index contributed by atoms with van der Waals surface area (Å²) in [5.74, 6) is 0. The van der Waals surface area contributed by atoms with Gasteiger partial charge in [0.15, 0.2) is 0 Å². The van der Waals surface area contributed by atoms with Crippen LogP contribution in [0, 0.1) is 11.3 Å². The predicted molar refractivity (Wildman–Crippen MR) is 60.4 cm³/mol. The highest BCUT2D eigenvalue weighted by atomic mass is 15.1. The van der Waals surface area contributed by atoms with Crippen LogP contribution < -0.4 is 0 Å². The highest BCUT2D eigenvalue weighted by Gasteiger charge is 2.22. The Kier molecular flexibility index (Phi) is 3.03. The van der Waals surface area contributed by atoms with Crippen LogP contribution in [0.1, 0.15) is 36.4 Å². The third-order valence-corrected chi connectivity index (χ3v) is 3.21. The lowest BCUT2D eigenvalue weighted by molar-refractivity contribution is 0.187. The molecule has 2 nitrogen and oxygen atoms in total. The van der Waals surface area contributed by atoms with Gasteiger partial charge in [-0.3, -0.25) is 4.90 Å². The minimum atomic E-state index is 0.439. The number of hydrogen-bond acceptors (Lipinski definition) is 2. The first kappa shape index (κ1) is 10.2. The second kappa shape index (κ2) is 4.46. The monoisotopic (exact) mass is 200 g/mol. The Morgan fingerprint density at radius 2 is 2.13 bits per heavy atom. The van der Waals surface area contributed by atoms with Crippen LogP contribution in [0.4, 0.5) is 0 Å². The lowest BCUT2D eigenvalue weighted by Crippen LogP contribution is -2.30. The Balaban J connectivity index is 2.31. The van der Waals surface area contributed by atoms with Crippen LogP contribution in [0.3, 0.4) is 0 Å². The van der Waals surface area contributed by atoms with Crippen molar-refractivity contribution in [3.63, 3.8) is 0 Å². The predicted octanol–water partition coefficient (Wildman–Crippen LogP) is 2.72. The second-order valence-corrected chi connectivity index (χ2v) is 4.19. The van der Waals surface area contributed by atoms with E-state index in [4.69, 9.17) is 5.26 Å². The molecule has 0 bridgehead atoms. The summed E-state index contributed by atoms with van der Waals surface area (Å²) in [7, 11) is 2.15. The van der Waals surface area contributed by atoms with Crippen molar-refractivity contribution in [2.75, 3.05) is 13.6 Å². The van der Waals surface area contributed by atoms with Crippen LogP contribution in [0.25, 0.3) is 0 Å². The average Bonchev–Trinajstić information content (AvgIpc) is 2.30. The molecule has 1 atom stereocenters. The van der Waals surface area contributed by atoms with Gasteiger partial charge in [-0.25, -0.2) is 0 Å². The fraction of sp³-hybridized carbons (Fsp3) is 0.462. The van der Waals surface area contributed by atoms with Gasteiger partial charge in [-0.15, -0.1) is 0 Å². The molecule has 1 saturated heterocycles. The molecule has 0 N–H and O–H groups in total. The fourth-order valence-corrected chi connectivity index (χ4v) is 2.36. The molecule has 0 amide bonds. The van der Waals surface area contributed by atoms with Crippen LogP contribution in [0.15, 0.2) is 24.3 Å². The third kappa shape index (κ3) is 2.03. The molecule has 0 aliphatic carbocycles. The molecule has 1 aliphatic rings. The summed E-state index contributed by atoms with van der Waals surface area (Å²) in [6.45, 7) is 1.14. The Morgan fingerprint density at radius 3 is 2.87 bits per heavy atom. The van der Waals surface area contributed by atoms with E-state index in [2.05, 4.69) is 24.1 Å². The lowest BCUT2D eigenvalue weighted by Gasteiger charge is -2.33. The normalized spacial score (nSPS) is 22.3. The van der Waals surface area contributed by atoms with Gasteiger partial charge in [0.25, 0.3) is 0 Å². The van der Waals surface area contributed by atoms with Crippen molar-refractivity contribution in [2.45, 2.75) is 25.3 Å². The molecule has 0 saturated carbocycles. The second-order valence-electron chi connectivity index (χ2n) is 4.19. The first-order chi connectivity index (χ1) is 7.33. The molecule has 78 valence electrons. The highest BCUT2D eigenvalue weighted by molar-refractivity contribution is 5.39. The summed E-state index contributed by atoms with van der Waals surface area (Å²) < 4.78 is 0. The summed E-state index contributed by atoms with van der Waals surface area (Å²) in [6, 6.07) is 10.7. The van der Waals surface area contributed by atoms with Gasteiger partial charge < -0.3 is 0 Å². The van der Waals surface area contributed by atoms with E-state index in [-0.39, 0.29) is 0 Å².